The highest BCUT2D eigenvalue weighted by molar-refractivity contribution is 7.15. The lowest BCUT2D eigenvalue weighted by molar-refractivity contribution is 0.469. The maximum atomic E-state index is 13.9. The third-order valence-electron chi connectivity index (χ3n) is 3.48. The maximum Gasteiger partial charge on any atom is 0.137 e. The van der Waals surface area contributed by atoms with Crippen LogP contribution in [0.2, 0.25) is 0 Å². The number of thiazole rings is 1. The number of rotatable bonds is 2. The Kier molecular flexibility index (Phi) is 3.24. The van der Waals surface area contributed by atoms with E-state index in [0.29, 0.717) is 16.6 Å². The molecular formula is C14H15FN2OS. The molecule has 3 nitrogen and oxygen atoms in total. The molecule has 0 fully saturated rings. The second-order valence-corrected chi connectivity index (χ2v) is 5.76. The molecule has 19 heavy (non-hydrogen) atoms. The van der Waals surface area contributed by atoms with Crippen LogP contribution in [0.4, 0.5) is 4.39 Å². The van der Waals surface area contributed by atoms with Crippen LogP contribution in [0.1, 0.15) is 29.5 Å². The van der Waals surface area contributed by atoms with Crippen molar-refractivity contribution >= 4 is 11.3 Å². The molecular weight excluding hydrogens is 263 g/mol. The summed E-state index contributed by atoms with van der Waals surface area (Å²) in [6, 6.07) is 4.54. The van der Waals surface area contributed by atoms with Crippen LogP contribution in [0.3, 0.4) is 0 Å². The number of aromatic nitrogens is 1. The van der Waals surface area contributed by atoms with Gasteiger partial charge in [-0.2, -0.15) is 0 Å². The normalized spacial score (nSPS) is 18.3. The molecule has 1 aromatic heterocycles. The van der Waals surface area contributed by atoms with Crippen LogP contribution < -0.4 is 5.32 Å². The molecule has 2 N–H and O–H groups in total. The molecule has 5 heteroatoms. The number of benzene rings is 1. The van der Waals surface area contributed by atoms with Gasteiger partial charge in [-0.25, -0.2) is 9.37 Å². The topological polar surface area (TPSA) is 45.2 Å². The number of fused-ring (bicyclic) bond motifs is 1. The Labute approximate surface area is 115 Å². The Balaban J connectivity index is 2.05. The minimum Gasteiger partial charge on any atom is -0.508 e. The quantitative estimate of drug-likeness (QED) is 0.886. The van der Waals surface area contributed by atoms with Crippen LogP contribution in [0.25, 0.3) is 10.6 Å². The molecule has 0 aliphatic heterocycles. The van der Waals surface area contributed by atoms with E-state index in [-0.39, 0.29) is 5.75 Å². The second-order valence-electron chi connectivity index (χ2n) is 4.73. The lowest BCUT2D eigenvalue weighted by Gasteiger charge is -2.19. The average molecular weight is 278 g/mol. The standard InChI is InChI=1S/C14H15FN2OS/c1-16-11-3-2-4-12-13(11)19-14(17-12)9-6-5-8(18)7-10(9)15/h5-7,11,16,18H,2-4H2,1H3. The van der Waals surface area contributed by atoms with Crippen molar-refractivity contribution < 1.29 is 9.50 Å². The molecule has 3 rings (SSSR count). The van der Waals surface area contributed by atoms with Gasteiger partial charge in [0.05, 0.1) is 5.69 Å². The zero-order valence-electron chi connectivity index (χ0n) is 10.6. The molecule has 1 aliphatic carbocycles. The zero-order valence-corrected chi connectivity index (χ0v) is 11.4. The Morgan fingerprint density at radius 1 is 1.47 bits per heavy atom. The molecule has 0 spiro atoms. The number of nitrogens with one attached hydrogen (secondary N) is 1. The van der Waals surface area contributed by atoms with E-state index >= 15 is 0 Å². The predicted molar refractivity (Wildman–Crippen MR) is 73.9 cm³/mol. The minimum absolute atomic E-state index is 0.0596. The summed E-state index contributed by atoms with van der Waals surface area (Å²) in [7, 11) is 1.94. The van der Waals surface area contributed by atoms with Crippen molar-refractivity contribution in [2.45, 2.75) is 25.3 Å². The molecule has 100 valence electrons. The minimum atomic E-state index is -0.424. The van der Waals surface area contributed by atoms with Gasteiger partial charge >= 0.3 is 0 Å². The summed E-state index contributed by atoms with van der Waals surface area (Å²) in [5, 5.41) is 13.2. The summed E-state index contributed by atoms with van der Waals surface area (Å²) >= 11 is 1.55. The average Bonchev–Trinajstić information content (AvgIpc) is 2.81. The fraction of sp³-hybridized carbons (Fsp3) is 0.357. The molecule has 2 aromatic rings. The smallest absolute Gasteiger partial charge is 0.137 e. The number of hydrogen-bond donors (Lipinski definition) is 2. The van der Waals surface area contributed by atoms with Gasteiger partial charge in [-0.15, -0.1) is 11.3 Å². The lowest BCUT2D eigenvalue weighted by Crippen LogP contribution is -2.19. The van der Waals surface area contributed by atoms with Crippen LogP contribution in [0.5, 0.6) is 5.75 Å². The SMILES string of the molecule is CNC1CCCc2nc(-c3ccc(O)cc3F)sc21. The first kappa shape index (κ1) is 12.6. The van der Waals surface area contributed by atoms with Crippen LogP contribution in [-0.4, -0.2) is 17.1 Å². The van der Waals surface area contributed by atoms with Gasteiger partial charge in [0.25, 0.3) is 0 Å². The van der Waals surface area contributed by atoms with E-state index in [2.05, 4.69) is 10.3 Å². The zero-order chi connectivity index (χ0) is 13.4. The summed E-state index contributed by atoms with van der Waals surface area (Å²) in [6.45, 7) is 0. The Bertz CT molecular complexity index is 611. The Morgan fingerprint density at radius 3 is 3.05 bits per heavy atom. The van der Waals surface area contributed by atoms with E-state index in [0.717, 1.165) is 31.0 Å². The van der Waals surface area contributed by atoms with Gasteiger partial charge in [0.15, 0.2) is 0 Å². The first-order valence-electron chi connectivity index (χ1n) is 6.35. The van der Waals surface area contributed by atoms with Gasteiger partial charge in [0.2, 0.25) is 0 Å². The fourth-order valence-corrected chi connectivity index (χ4v) is 3.77. The predicted octanol–water partition coefficient (Wildman–Crippen LogP) is 3.25. The van der Waals surface area contributed by atoms with Crippen molar-refractivity contribution in [3.63, 3.8) is 0 Å². The van der Waals surface area contributed by atoms with E-state index in [1.165, 1.54) is 10.9 Å². The van der Waals surface area contributed by atoms with Crippen LogP contribution in [-0.2, 0) is 6.42 Å². The molecule has 0 amide bonds. The first-order valence-corrected chi connectivity index (χ1v) is 7.16. The van der Waals surface area contributed by atoms with E-state index in [1.807, 2.05) is 7.05 Å². The summed E-state index contributed by atoms with van der Waals surface area (Å²) < 4.78 is 13.9. The van der Waals surface area contributed by atoms with Crippen molar-refractivity contribution in [2.24, 2.45) is 0 Å². The molecule has 1 heterocycles. The summed E-state index contributed by atoms with van der Waals surface area (Å²) in [4.78, 5) is 5.79. The number of nitrogens with zero attached hydrogens (tertiary/aromatic N) is 1. The van der Waals surface area contributed by atoms with Gasteiger partial charge in [-0.3, -0.25) is 0 Å². The molecule has 1 unspecified atom stereocenters. The van der Waals surface area contributed by atoms with E-state index in [1.54, 1.807) is 17.4 Å². The molecule has 0 saturated carbocycles. The molecule has 0 saturated heterocycles. The highest BCUT2D eigenvalue weighted by Crippen LogP contribution is 2.38. The van der Waals surface area contributed by atoms with E-state index in [9.17, 15) is 9.50 Å². The van der Waals surface area contributed by atoms with Crippen molar-refractivity contribution in [3.05, 3.63) is 34.6 Å². The molecule has 1 aromatic carbocycles. The number of aromatic hydroxyl groups is 1. The molecule has 0 radical (unpaired) electrons. The van der Waals surface area contributed by atoms with Crippen LogP contribution >= 0.6 is 11.3 Å². The highest BCUT2D eigenvalue weighted by Gasteiger charge is 2.24. The van der Waals surface area contributed by atoms with Gasteiger partial charge in [-0.05, 0) is 38.4 Å². The van der Waals surface area contributed by atoms with Crippen molar-refractivity contribution in [2.75, 3.05) is 7.05 Å². The van der Waals surface area contributed by atoms with E-state index < -0.39 is 5.82 Å². The monoisotopic (exact) mass is 278 g/mol. The van der Waals surface area contributed by atoms with Gasteiger partial charge in [-0.1, -0.05) is 0 Å². The summed E-state index contributed by atoms with van der Waals surface area (Å²) in [5.41, 5.74) is 1.55. The second kappa shape index (κ2) is 4.90. The summed E-state index contributed by atoms with van der Waals surface area (Å²) in [5.74, 6) is -0.484. The maximum absolute atomic E-state index is 13.9. The third-order valence-corrected chi connectivity index (χ3v) is 4.73. The van der Waals surface area contributed by atoms with Crippen LogP contribution in [0.15, 0.2) is 18.2 Å². The molecule has 0 bridgehead atoms. The van der Waals surface area contributed by atoms with E-state index in [4.69, 9.17) is 0 Å². The Hall–Kier alpha value is -1.46. The third kappa shape index (κ3) is 2.24. The number of hydrogen-bond acceptors (Lipinski definition) is 4. The van der Waals surface area contributed by atoms with Crippen molar-refractivity contribution in [1.29, 1.82) is 0 Å². The van der Waals surface area contributed by atoms with Gasteiger partial charge in [0.1, 0.15) is 16.6 Å². The first-order chi connectivity index (χ1) is 9.19. The highest BCUT2D eigenvalue weighted by atomic mass is 32.1. The molecule has 1 atom stereocenters. The van der Waals surface area contributed by atoms with Crippen molar-refractivity contribution in [1.82, 2.24) is 10.3 Å². The Morgan fingerprint density at radius 2 is 2.32 bits per heavy atom. The van der Waals surface area contributed by atoms with Crippen LogP contribution in [0, 0.1) is 5.82 Å². The number of phenolic OH excluding ortho intramolecular Hbond substituents is 1. The number of phenols is 1. The van der Waals surface area contributed by atoms with Crippen molar-refractivity contribution in [3.8, 4) is 16.3 Å². The lowest BCUT2D eigenvalue weighted by atomic mass is 9.98. The number of halogens is 1. The van der Waals surface area contributed by atoms with Gasteiger partial charge in [0, 0.05) is 22.5 Å². The fourth-order valence-electron chi connectivity index (χ4n) is 2.49. The van der Waals surface area contributed by atoms with Gasteiger partial charge < -0.3 is 10.4 Å². The molecule has 1 aliphatic rings. The largest absolute Gasteiger partial charge is 0.508 e. The number of aryl methyl sites for hydroxylation is 1. The summed E-state index contributed by atoms with van der Waals surface area (Å²) in [6.07, 6.45) is 3.17.